The van der Waals surface area contributed by atoms with Crippen molar-refractivity contribution in [2.45, 2.75) is 13.3 Å². The number of fused-ring (bicyclic) bond motifs is 1. The molecule has 4 rings (SSSR count). The summed E-state index contributed by atoms with van der Waals surface area (Å²) in [4.78, 5) is 23.3. The zero-order valence-electron chi connectivity index (χ0n) is 12.8. The van der Waals surface area contributed by atoms with E-state index < -0.39 is 0 Å². The van der Waals surface area contributed by atoms with E-state index in [-0.39, 0.29) is 5.56 Å². The predicted octanol–water partition coefficient (Wildman–Crippen LogP) is 5.27. The zero-order valence-corrected chi connectivity index (χ0v) is 15.2. The van der Waals surface area contributed by atoms with Gasteiger partial charge in [0.05, 0.1) is 5.39 Å². The number of nitrogens with one attached hydrogen (secondary N) is 1. The number of aryl methyl sites for hydroxylation is 1. The largest absolute Gasteiger partial charge is 0.310 e. The summed E-state index contributed by atoms with van der Waals surface area (Å²) in [6.07, 6.45) is 0.577. The van der Waals surface area contributed by atoms with Crippen LogP contribution in [-0.4, -0.2) is 9.97 Å². The quantitative estimate of drug-likeness (QED) is 0.532. The predicted molar refractivity (Wildman–Crippen MR) is 103 cm³/mol. The van der Waals surface area contributed by atoms with Gasteiger partial charge in [-0.15, -0.1) is 22.7 Å². The fourth-order valence-electron chi connectivity index (χ4n) is 2.76. The molecule has 0 atom stereocenters. The molecule has 120 valence electrons. The molecule has 0 unspecified atom stereocenters. The number of hydrogen-bond acceptors (Lipinski definition) is 4. The second-order valence-corrected chi connectivity index (χ2v) is 8.09. The molecule has 3 aromatic heterocycles. The molecular weight excluding hydrogens is 360 g/mol. The highest BCUT2D eigenvalue weighted by Crippen LogP contribution is 2.37. The smallest absolute Gasteiger partial charge is 0.260 e. The Labute approximate surface area is 151 Å². The van der Waals surface area contributed by atoms with Gasteiger partial charge in [0.1, 0.15) is 10.7 Å². The number of H-pyrrole nitrogens is 1. The summed E-state index contributed by atoms with van der Waals surface area (Å²) in [5, 5.41) is 3.42. The van der Waals surface area contributed by atoms with Crippen molar-refractivity contribution in [1.29, 1.82) is 0 Å². The van der Waals surface area contributed by atoms with Crippen molar-refractivity contribution in [3.8, 4) is 10.4 Å². The van der Waals surface area contributed by atoms with E-state index in [1.54, 1.807) is 22.7 Å². The van der Waals surface area contributed by atoms with Gasteiger partial charge in [-0.3, -0.25) is 4.79 Å². The highest BCUT2D eigenvalue weighted by atomic mass is 35.5. The maximum atomic E-state index is 12.7. The molecule has 1 N–H and O–H groups in total. The minimum atomic E-state index is -0.0725. The number of thiophene rings is 2. The number of benzene rings is 1. The molecule has 1 aromatic carbocycles. The lowest BCUT2D eigenvalue weighted by Crippen LogP contribution is -2.11. The molecule has 0 spiro atoms. The summed E-state index contributed by atoms with van der Waals surface area (Å²) in [5.74, 6) is 0.675. The van der Waals surface area contributed by atoms with Crippen LogP contribution in [0.4, 0.5) is 0 Å². The van der Waals surface area contributed by atoms with E-state index in [0.717, 1.165) is 25.7 Å². The van der Waals surface area contributed by atoms with E-state index in [9.17, 15) is 4.79 Å². The van der Waals surface area contributed by atoms with Crippen LogP contribution in [-0.2, 0) is 6.42 Å². The normalized spacial score (nSPS) is 11.2. The van der Waals surface area contributed by atoms with Gasteiger partial charge in [0, 0.05) is 26.8 Å². The molecule has 0 aliphatic carbocycles. The SMILES string of the molecule is Cc1sc2nc(Cc3ccc(Cl)cc3)[nH]c(=O)c2c1-c1cccs1. The highest BCUT2D eigenvalue weighted by molar-refractivity contribution is 7.20. The fourth-order valence-corrected chi connectivity index (χ4v) is 4.84. The molecule has 0 radical (unpaired) electrons. The van der Waals surface area contributed by atoms with Gasteiger partial charge >= 0.3 is 0 Å². The first-order valence-corrected chi connectivity index (χ1v) is 9.50. The highest BCUT2D eigenvalue weighted by Gasteiger charge is 2.17. The van der Waals surface area contributed by atoms with Crippen molar-refractivity contribution in [2.75, 3.05) is 0 Å². The molecule has 0 fully saturated rings. The van der Waals surface area contributed by atoms with Crippen LogP contribution >= 0.6 is 34.3 Å². The standard InChI is InChI=1S/C18H13ClN2OS2/c1-10-15(13-3-2-8-23-13)16-17(22)20-14(21-18(16)24-10)9-11-4-6-12(19)7-5-11/h2-8H,9H2,1H3,(H,20,21,22). The summed E-state index contributed by atoms with van der Waals surface area (Å²) >= 11 is 9.13. The van der Waals surface area contributed by atoms with Gasteiger partial charge in [-0.05, 0) is 36.1 Å². The summed E-state index contributed by atoms with van der Waals surface area (Å²) in [7, 11) is 0. The average Bonchev–Trinajstić information content (AvgIpc) is 3.16. The molecule has 24 heavy (non-hydrogen) atoms. The van der Waals surface area contributed by atoms with E-state index in [0.29, 0.717) is 22.7 Å². The fraction of sp³-hybridized carbons (Fsp3) is 0.111. The second kappa shape index (κ2) is 6.16. The van der Waals surface area contributed by atoms with Gasteiger partial charge < -0.3 is 4.98 Å². The summed E-state index contributed by atoms with van der Waals surface area (Å²) < 4.78 is 0. The molecule has 6 heteroatoms. The van der Waals surface area contributed by atoms with E-state index >= 15 is 0 Å². The van der Waals surface area contributed by atoms with Crippen molar-refractivity contribution in [1.82, 2.24) is 9.97 Å². The van der Waals surface area contributed by atoms with Crippen LogP contribution in [0.2, 0.25) is 5.02 Å². The average molecular weight is 373 g/mol. The third kappa shape index (κ3) is 2.79. The van der Waals surface area contributed by atoms with Crippen molar-refractivity contribution in [2.24, 2.45) is 0 Å². The second-order valence-electron chi connectivity index (χ2n) is 5.51. The van der Waals surface area contributed by atoms with E-state index in [1.807, 2.05) is 48.7 Å². The van der Waals surface area contributed by atoms with Gasteiger partial charge in [-0.25, -0.2) is 4.98 Å². The Balaban J connectivity index is 1.81. The number of hydrogen-bond donors (Lipinski definition) is 1. The third-order valence-corrected chi connectivity index (χ3v) is 5.98. The van der Waals surface area contributed by atoms with Gasteiger partial charge in [0.15, 0.2) is 0 Å². The molecule has 3 nitrogen and oxygen atoms in total. The van der Waals surface area contributed by atoms with Gasteiger partial charge in [0.25, 0.3) is 5.56 Å². The Morgan fingerprint density at radius 3 is 2.71 bits per heavy atom. The van der Waals surface area contributed by atoms with E-state index in [4.69, 9.17) is 11.6 Å². The van der Waals surface area contributed by atoms with Crippen LogP contribution < -0.4 is 5.56 Å². The van der Waals surface area contributed by atoms with Crippen LogP contribution in [0, 0.1) is 6.92 Å². The maximum absolute atomic E-state index is 12.7. The molecule has 0 saturated heterocycles. The maximum Gasteiger partial charge on any atom is 0.260 e. The lowest BCUT2D eigenvalue weighted by atomic mass is 10.1. The summed E-state index contributed by atoms with van der Waals surface area (Å²) in [6, 6.07) is 11.6. The molecule has 4 aromatic rings. The number of rotatable bonds is 3. The first-order chi connectivity index (χ1) is 11.6. The Kier molecular flexibility index (Phi) is 4.00. The van der Waals surface area contributed by atoms with Gasteiger partial charge in [0.2, 0.25) is 0 Å². The van der Waals surface area contributed by atoms with Crippen LogP contribution in [0.5, 0.6) is 0 Å². The lowest BCUT2D eigenvalue weighted by Gasteiger charge is -2.02. The monoisotopic (exact) mass is 372 g/mol. The van der Waals surface area contributed by atoms with Crippen molar-refractivity contribution in [3.63, 3.8) is 0 Å². The van der Waals surface area contributed by atoms with E-state index in [2.05, 4.69) is 9.97 Å². The van der Waals surface area contributed by atoms with Crippen LogP contribution in [0.25, 0.3) is 20.7 Å². The molecule has 3 heterocycles. The summed E-state index contributed by atoms with van der Waals surface area (Å²) in [6.45, 7) is 2.04. The number of aromatic nitrogens is 2. The van der Waals surface area contributed by atoms with Crippen LogP contribution in [0.15, 0.2) is 46.6 Å². The van der Waals surface area contributed by atoms with Gasteiger partial charge in [-0.2, -0.15) is 0 Å². The first-order valence-electron chi connectivity index (χ1n) is 7.42. The minimum absolute atomic E-state index is 0.0725. The summed E-state index contributed by atoms with van der Waals surface area (Å²) in [5.41, 5.74) is 2.00. The zero-order chi connectivity index (χ0) is 16.7. The first kappa shape index (κ1) is 15.6. The molecule has 0 aliphatic heterocycles. The van der Waals surface area contributed by atoms with Crippen molar-refractivity contribution in [3.05, 3.63) is 73.4 Å². The van der Waals surface area contributed by atoms with Crippen LogP contribution in [0.1, 0.15) is 16.3 Å². The van der Waals surface area contributed by atoms with Crippen molar-refractivity contribution >= 4 is 44.5 Å². The van der Waals surface area contributed by atoms with Crippen LogP contribution in [0.3, 0.4) is 0 Å². The molecule has 0 bridgehead atoms. The molecule has 0 aliphatic rings. The number of nitrogens with zero attached hydrogens (tertiary/aromatic N) is 1. The Morgan fingerprint density at radius 1 is 1.21 bits per heavy atom. The number of aromatic amines is 1. The topological polar surface area (TPSA) is 45.8 Å². The lowest BCUT2D eigenvalue weighted by molar-refractivity contribution is 0.977. The van der Waals surface area contributed by atoms with Gasteiger partial charge in [-0.1, -0.05) is 29.8 Å². The molecular formula is C18H13ClN2OS2. The third-order valence-electron chi connectivity index (χ3n) is 3.84. The van der Waals surface area contributed by atoms with E-state index in [1.165, 1.54) is 0 Å². The number of halogens is 1. The Hall–Kier alpha value is -1.95. The molecule has 0 saturated carbocycles. The Bertz CT molecular complexity index is 1060. The van der Waals surface area contributed by atoms with Crippen molar-refractivity contribution < 1.29 is 0 Å². The molecule has 0 amide bonds. The Morgan fingerprint density at radius 2 is 2.00 bits per heavy atom. The minimum Gasteiger partial charge on any atom is -0.310 e.